The zero-order valence-corrected chi connectivity index (χ0v) is 18.6. The molecule has 158 valence electrons. The van der Waals surface area contributed by atoms with Crippen molar-refractivity contribution in [2.45, 2.75) is 17.7 Å². The molecular weight excluding hydrogens is 414 g/mol. The summed E-state index contributed by atoms with van der Waals surface area (Å²) in [6.07, 6.45) is 2.59. The predicted molar refractivity (Wildman–Crippen MR) is 131 cm³/mol. The molecule has 5 rings (SSSR count). The minimum absolute atomic E-state index is 0.736. The third-order valence-corrected chi connectivity index (χ3v) is 6.97. The average molecular weight is 438 g/mol. The van der Waals surface area contributed by atoms with Crippen molar-refractivity contribution in [1.29, 1.82) is 0 Å². The summed E-state index contributed by atoms with van der Waals surface area (Å²) in [7, 11) is 1.68. The minimum atomic E-state index is 0.736. The third kappa shape index (κ3) is 3.78. The van der Waals surface area contributed by atoms with Gasteiger partial charge in [0.1, 0.15) is 12.0 Å². The number of benzene rings is 3. The summed E-state index contributed by atoms with van der Waals surface area (Å²) in [5, 5.41) is 0. The average Bonchev–Trinajstić information content (AvgIpc) is 3.25. The van der Waals surface area contributed by atoms with E-state index >= 15 is 0 Å². The molecule has 0 spiro atoms. The molecule has 0 saturated heterocycles. The van der Waals surface area contributed by atoms with Crippen molar-refractivity contribution >= 4 is 23.0 Å². The van der Waals surface area contributed by atoms with Crippen molar-refractivity contribution in [3.05, 3.63) is 108 Å². The highest BCUT2D eigenvalue weighted by atomic mass is 32.2. The van der Waals surface area contributed by atoms with Crippen molar-refractivity contribution in [2.75, 3.05) is 7.11 Å². The monoisotopic (exact) mass is 437 g/mol. The van der Waals surface area contributed by atoms with Crippen LogP contribution in [-0.2, 0) is 11.2 Å². The van der Waals surface area contributed by atoms with Crippen LogP contribution in [0.1, 0.15) is 17.7 Å². The Kier molecular flexibility index (Phi) is 5.70. The normalized spacial score (nSPS) is 13.0. The molecule has 0 amide bonds. The summed E-state index contributed by atoms with van der Waals surface area (Å²) in [6, 6.07) is 31.1. The number of fused-ring (bicyclic) bond motifs is 1. The molecule has 0 unspecified atom stereocenters. The molecule has 0 N–H and O–H groups in total. The molecule has 32 heavy (non-hydrogen) atoms. The number of nitrogens with zero attached hydrogens (tertiary/aromatic N) is 1. The summed E-state index contributed by atoms with van der Waals surface area (Å²) < 4.78 is 7.70. The van der Waals surface area contributed by atoms with Gasteiger partial charge < -0.3 is 9.30 Å². The Balaban J connectivity index is 1.71. The number of hydrogen-bond donors (Lipinski definition) is 0. The Morgan fingerprint density at radius 1 is 0.875 bits per heavy atom. The van der Waals surface area contributed by atoms with E-state index in [9.17, 15) is 4.79 Å². The van der Waals surface area contributed by atoms with Crippen LogP contribution in [0.4, 0.5) is 0 Å². The minimum Gasteiger partial charge on any atom is -0.497 e. The van der Waals surface area contributed by atoms with Crippen LogP contribution in [0.2, 0.25) is 0 Å². The Morgan fingerprint density at radius 3 is 2.22 bits per heavy atom. The molecule has 0 saturated carbocycles. The second-order valence-corrected chi connectivity index (χ2v) is 8.76. The van der Waals surface area contributed by atoms with Crippen LogP contribution in [0.15, 0.2) is 101 Å². The number of thioether (sulfide) groups is 1. The lowest BCUT2D eigenvalue weighted by Gasteiger charge is -2.21. The Hall–Kier alpha value is -3.50. The van der Waals surface area contributed by atoms with Gasteiger partial charge in [0.25, 0.3) is 0 Å². The van der Waals surface area contributed by atoms with E-state index in [2.05, 4.69) is 59.2 Å². The number of carbonyl (C=O) groups excluding carboxylic acids is 1. The first-order chi connectivity index (χ1) is 15.8. The highest BCUT2D eigenvalue weighted by Gasteiger charge is 2.26. The molecule has 1 aliphatic rings. The van der Waals surface area contributed by atoms with Crippen LogP contribution in [0.5, 0.6) is 5.75 Å². The quantitative estimate of drug-likeness (QED) is 0.311. The number of ether oxygens (including phenoxy) is 1. The Bertz CT molecular complexity index is 1270. The molecule has 1 aromatic heterocycles. The fourth-order valence-corrected chi connectivity index (χ4v) is 5.32. The molecule has 3 aromatic carbocycles. The Labute approximate surface area is 192 Å². The number of carbonyl (C=O) groups is 1. The van der Waals surface area contributed by atoms with Gasteiger partial charge in [-0.3, -0.25) is 4.79 Å². The second-order valence-electron chi connectivity index (χ2n) is 7.68. The van der Waals surface area contributed by atoms with Gasteiger partial charge in [-0.05, 0) is 60.9 Å². The van der Waals surface area contributed by atoms with Gasteiger partial charge >= 0.3 is 0 Å². The molecule has 0 fully saturated rings. The molecule has 0 atom stereocenters. The van der Waals surface area contributed by atoms with Crippen LogP contribution in [0.25, 0.3) is 21.8 Å². The van der Waals surface area contributed by atoms with Crippen LogP contribution in [0.3, 0.4) is 0 Å². The molecule has 4 heteroatoms. The lowest BCUT2D eigenvalue weighted by Crippen LogP contribution is -2.09. The lowest BCUT2D eigenvalue weighted by atomic mass is 9.98. The fourth-order valence-electron chi connectivity index (χ4n) is 4.22. The zero-order valence-electron chi connectivity index (χ0n) is 17.8. The van der Waals surface area contributed by atoms with Crippen molar-refractivity contribution in [2.24, 2.45) is 0 Å². The van der Waals surface area contributed by atoms with Gasteiger partial charge in [0.05, 0.1) is 12.8 Å². The van der Waals surface area contributed by atoms with Gasteiger partial charge in [-0.25, -0.2) is 0 Å². The van der Waals surface area contributed by atoms with Crippen molar-refractivity contribution in [1.82, 2.24) is 4.57 Å². The van der Waals surface area contributed by atoms with Crippen LogP contribution < -0.4 is 4.74 Å². The van der Waals surface area contributed by atoms with E-state index in [1.54, 1.807) is 18.9 Å². The van der Waals surface area contributed by atoms with E-state index in [4.69, 9.17) is 4.74 Å². The number of rotatable bonds is 6. The predicted octanol–water partition coefficient (Wildman–Crippen LogP) is 6.80. The topological polar surface area (TPSA) is 31.2 Å². The summed E-state index contributed by atoms with van der Waals surface area (Å²) >= 11 is 1.67. The van der Waals surface area contributed by atoms with E-state index < -0.39 is 0 Å². The molecule has 4 aromatic rings. The first-order valence-electron chi connectivity index (χ1n) is 10.6. The van der Waals surface area contributed by atoms with Crippen LogP contribution >= 0.6 is 11.8 Å². The highest BCUT2D eigenvalue weighted by Crippen LogP contribution is 2.45. The van der Waals surface area contributed by atoms with Gasteiger partial charge in [0.15, 0.2) is 0 Å². The van der Waals surface area contributed by atoms with Crippen LogP contribution in [0, 0.1) is 0 Å². The lowest BCUT2D eigenvalue weighted by molar-refractivity contribution is -0.105. The highest BCUT2D eigenvalue weighted by molar-refractivity contribution is 8.08. The molecule has 1 heterocycles. The molecule has 3 nitrogen and oxygen atoms in total. The van der Waals surface area contributed by atoms with Crippen molar-refractivity contribution < 1.29 is 9.53 Å². The summed E-state index contributed by atoms with van der Waals surface area (Å²) in [4.78, 5) is 14.2. The van der Waals surface area contributed by atoms with E-state index in [0.29, 0.717) is 0 Å². The van der Waals surface area contributed by atoms with Gasteiger partial charge in [-0.15, -0.1) is 0 Å². The maximum atomic E-state index is 12.0. The number of hydrogen-bond acceptors (Lipinski definition) is 3. The smallest absolute Gasteiger partial charge is 0.147 e. The largest absolute Gasteiger partial charge is 0.497 e. The summed E-state index contributed by atoms with van der Waals surface area (Å²) in [6.45, 7) is 0. The van der Waals surface area contributed by atoms with Crippen molar-refractivity contribution in [3.8, 4) is 22.7 Å². The van der Waals surface area contributed by atoms with E-state index in [-0.39, 0.29) is 0 Å². The molecule has 1 aliphatic carbocycles. The molecular formula is C28H23NO2S. The van der Waals surface area contributed by atoms with Gasteiger partial charge in [0, 0.05) is 32.3 Å². The summed E-state index contributed by atoms with van der Waals surface area (Å²) in [5.41, 5.74) is 6.61. The summed E-state index contributed by atoms with van der Waals surface area (Å²) in [5.74, 6) is 0.833. The van der Waals surface area contributed by atoms with E-state index in [1.165, 1.54) is 5.69 Å². The molecule has 0 aliphatic heterocycles. The molecule has 0 bridgehead atoms. The van der Waals surface area contributed by atoms with Gasteiger partial charge in [-0.1, -0.05) is 60.3 Å². The van der Waals surface area contributed by atoms with E-state index in [1.807, 2.05) is 36.4 Å². The third-order valence-electron chi connectivity index (χ3n) is 5.78. The SMILES string of the molecule is COc1ccc(-n2c(-c3ccccc3)cc3c2CCC(C=O)=C3Sc2ccccc2)cc1. The number of allylic oxidation sites excluding steroid dienone is 1. The number of aromatic nitrogens is 1. The first kappa shape index (κ1) is 20.4. The maximum Gasteiger partial charge on any atom is 0.147 e. The number of methoxy groups -OCH3 is 1. The molecule has 0 radical (unpaired) electrons. The van der Waals surface area contributed by atoms with Gasteiger partial charge in [-0.2, -0.15) is 0 Å². The van der Waals surface area contributed by atoms with Gasteiger partial charge in [0.2, 0.25) is 0 Å². The first-order valence-corrected chi connectivity index (χ1v) is 11.5. The fraction of sp³-hybridized carbons (Fsp3) is 0.107. The van der Waals surface area contributed by atoms with Crippen molar-refractivity contribution in [3.63, 3.8) is 0 Å². The maximum absolute atomic E-state index is 12.0. The zero-order chi connectivity index (χ0) is 21.9. The van der Waals surface area contributed by atoms with Crippen LogP contribution in [-0.4, -0.2) is 18.0 Å². The standard InChI is InChI=1S/C28H23NO2S/c1-31-23-15-13-22(14-16-23)29-26-17-12-21(19-30)28(32-24-10-6-3-7-11-24)25(26)18-27(29)20-8-4-2-5-9-20/h2-11,13-16,18-19H,12,17H2,1H3. The van der Waals surface area contributed by atoms with E-state index in [0.717, 1.165) is 62.8 Å². The Morgan fingerprint density at radius 2 is 1.56 bits per heavy atom. The number of aldehydes is 1. The second kappa shape index (κ2) is 8.93.